The Bertz CT molecular complexity index is 423. The van der Waals surface area contributed by atoms with E-state index in [2.05, 4.69) is 29.4 Å². The molecule has 1 aromatic heterocycles. The maximum absolute atomic E-state index is 9.87. The van der Waals surface area contributed by atoms with Gasteiger partial charge in [0.25, 0.3) is 0 Å². The summed E-state index contributed by atoms with van der Waals surface area (Å²) < 4.78 is 1.95. The molecule has 5 nitrogen and oxygen atoms in total. The fourth-order valence-corrected chi connectivity index (χ4v) is 4.22. The molecule has 0 saturated heterocycles. The predicted octanol–water partition coefficient (Wildman–Crippen LogP) is 1.83. The van der Waals surface area contributed by atoms with Crippen LogP contribution in [0.3, 0.4) is 0 Å². The fraction of sp³-hybridized carbons (Fsp3) is 0.857. The second-order valence-electron chi connectivity index (χ2n) is 6.06. The molecular weight excluding hydrogens is 272 g/mol. The summed E-state index contributed by atoms with van der Waals surface area (Å²) in [6, 6.07) is 0.411. The van der Waals surface area contributed by atoms with Gasteiger partial charge in [-0.15, -0.1) is 10.2 Å². The summed E-state index contributed by atoms with van der Waals surface area (Å²) in [5, 5.41) is 22.4. The van der Waals surface area contributed by atoms with Crippen LogP contribution in [0.4, 0.5) is 0 Å². The van der Waals surface area contributed by atoms with Crippen LogP contribution < -0.4 is 5.32 Å². The minimum Gasteiger partial charge on any atom is -0.394 e. The second kappa shape index (κ2) is 6.91. The van der Waals surface area contributed by atoms with E-state index in [0.717, 1.165) is 23.8 Å². The molecule has 6 heteroatoms. The molecule has 0 aromatic carbocycles. The highest BCUT2D eigenvalue weighted by molar-refractivity contribution is 7.99. The first-order valence-corrected chi connectivity index (χ1v) is 8.41. The third-order valence-electron chi connectivity index (χ3n) is 4.18. The van der Waals surface area contributed by atoms with Crippen molar-refractivity contribution in [1.82, 2.24) is 20.1 Å². The van der Waals surface area contributed by atoms with Gasteiger partial charge < -0.3 is 15.0 Å². The summed E-state index contributed by atoms with van der Waals surface area (Å²) in [5.41, 5.74) is -0.0748. The minimum atomic E-state index is -0.0748. The Labute approximate surface area is 125 Å². The van der Waals surface area contributed by atoms with Crippen molar-refractivity contribution >= 4 is 11.8 Å². The molecule has 1 aliphatic carbocycles. The van der Waals surface area contributed by atoms with Gasteiger partial charge in [-0.05, 0) is 25.2 Å². The van der Waals surface area contributed by atoms with Crippen molar-refractivity contribution in [3.8, 4) is 0 Å². The average molecular weight is 298 g/mol. The standard InChI is InChI=1S/C14H26N4OS/c1-11(2)16-14(9-19)7-4-5-12(14)6-8-20-13-17-15-10-18(13)3/h10-12,16,19H,4-9H2,1-3H3. The molecule has 1 aromatic rings. The van der Waals surface area contributed by atoms with E-state index in [1.165, 1.54) is 12.8 Å². The quantitative estimate of drug-likeness (QED) is 0.752. The molecule has 2 rings (SSSR count). The van der Waals surface area contributed by atoms with Crippen LogP contribution in [-0.2, 0) is 7.05 Å². The number of nitrogens with zero attached hydrogens (tertiary/aromatic N) is 3. The van der Waals surface area contributed by atoms with E-state index in [-0.39, 0.29) is 12.1 Å². The van der Waals surface area contributed by atoms with Gasteiger partial charge in [-0.3, -0.25) is 0 Å². The summed E-state index contributed by atoms with van der Waals surface area (Å²) in [5.74, 6) is 1.58. The molecule has 2 N–H and O–H groups in total. The Hall–Kier alpha value is -0.590. The number of aryl methyl sites for hydroxylation is 1. The molecule has 0 aliphatic heterocycles. The van der Waals surface area contributed by atoms with Gasteiger partial charge in [0.2, 0.25) is 0 Å². The molecule has 0 radical (unpaired) electrons. The van der Waals surface area contributed by atoms with E-state index < -0.39 is 0 Å². The lowest BCUT2D eigenvalue weighted by Crippen LogP contribution is -2.54. The van der Waals surface area contributed by atoms with Crippen LogP contribution in [0.25, 0.3) is 0 Å². The van der Waals surface area contributed by atoms with Crippen molar-refractivity contribution < 1.29 is 5.11 Å². The van der Waals surface area contributed by atoms with Crippen LogP contribution in [0.2, 0.25) is 0 Å². The third kappa shape index (κ3) is 3.54. The summed E-state index contributed by atoms with van der Waals surface area (Å²) >= 11 is 1.75. The number of aliphatic hydroxyl groups is 1. The molecule has 1 fully saturated rings. The number of thioether (sulfide) groups is 1. The van der Waals surface area contributed by atoms with Gasteiger partial charge in [0.1, 0.15) is 6.33 Å². The molecule has 0 bridgehead atoms. The summed E-state index contributed by atoms with van der Waals surface area (Å²) in [6.45, 7) is 4.55. The maximum atomic E-state index is 9.87. The highest BCUT2D eigenvalue weighted by Gasteiger charge is 2.42. The van der Waals surface area contributed by atoms with Crippen LogP contribution in [0.15, 0.2) is 11.5 Å². The van der Waals surface area contributed by atoms with Crippen molar-refractivity contribution in [3.63, 3.8) is 0 Å². The number of aromatic nitrogens is 3. The smallest absolute Gasteiger partial charge is 0.190 e. The van der Waals surface area contributed by atoms with Crippen LogP contribution in [-0.4, -0.2) is 43.8 Å². The van der Waals surface area contributed by atoms with Crippen LogP contribution in [0.1, 0.15) is 39.5 Å². The molecule has 1 saturated carbocycles. The van der Waals surface area contributed by atoms with Gasteiger partial charge in [0.05, 0.1) is 6.61 Å². The number of hydrogen-bond acceptors (Lipinski definition) is 5. The SMILES string of the molecule is CC(C)NC1(CO)CCCC1CCSc1nncn1C. The van der Waals surface area contributed by atoms with E-state index in [1.54, 1.807) is 18.1 Å². The van der Waals surface area contributed by atoms with E-state index in [9.17, 15) is 5.11 Å². The highest BCUT2D eigenvalue weighted by Crippen LogP contribution is 2.39. The van der Waals surface area contributed by atoms with Crippen molar-refractivity contribution in [2.45, 2.75) is 56.3 Å². The van der Waals surface area contributed by atoms with Gasteiger partial charge in [-0.1, -0.05) is 32.0 Å². The van der Waals surface area contributed by atoms with Gasteiger partial charge in [0.15, 0.2) is 5.16 Å². The highest BCUT2D eigenvalue weighted by atomic mass is 32.2. The molecule has 0 amide bonds. The van der Waals surface area contributed by atoms with Gasteiger partial charge in [0, 0.05) is 24.4 Å². The number of rotatable bonds is 7. The van der Waals surface area contributed by atoms with Gasteiger partial charge >= 0.3 is 0 Å². The lowest BCUT2D eigenvalue weighted by molar-refractivity contribution is 0.113. The number of nitrogens with one attached hydrogen (secondary N) is 1. The largest absolute Gasteiger partial charge is 0.394 e. The molecular formula is C14H26N4OS. The third-order valence-corrected chi connectivity index (χ3v) is 5.25. The van der Waals surface area contributed by atoms with E-state index in [1.807, 2.05) is 11.6 Å². The monoisotopic (exact) mass is 298 g/mol. The number of aliphatic hydroxyl groups excluding tert-OH is 1. The van der Waals surface area contributed by atoms with Crippen molar-refractivity contribution in [2.24, 2.45) is 13.0 Å². The zero-order valence-electron chi connectivity index (χ0n) is 12.7. The van der Waals surface area contributed by atoms with Crippen molar-refractivity contribution in [3.05, 3.63) is 6.33 Å². The molecule has 0 spiro atoms. The lowest BCUT2D eigenvalue weighted by atomic mass is 9.85. The van der Waals surface area contributed by atoms with Crippen LogP contribution in [0.5, 0.6) is 0 Å². The summed E-state index contributed by atoms with van der Waals surface area (Å²) in [6.07, 6.45) is 6.34. The summed E-state index contributed by atoms with van der Waals surface area (Å²) in [4.78, 5) is 0. The molecule has 2 atom stereocenters. The Morgan fingerprint density at radius 1 is 1.60 bits per heavy atom. The molecule has 114 valence electrons. The molecule has 1 aliphatic rings. The van der Waals surface area contributed by atoms with E-state index in [4.69, 9.17) is 0 Å². The minimum absolute atomic E-state index is 0.0748. The van der Waals surface area contributed by atoms with Gasteiger partial charge in [-0.25, -0.2) is 0 Å². The zero-order valence-corrected chi connectivity index (χ0v) is 13.5. The molecule has 1 heterocycles. The predicted molar refractivity (Wildman–Crippen MR) is 81.8 cm³/mol. The van der Waals surface area contributed by atoms with Crippen LogP contribution in [0, 0.1) is 5.92 Å². The molecule has 2 unspecified atom stereocenters. The lowest BCUT2D eigenvalue weighted by Gasteiger charge is -2.37. The van der Waals surface area contributed by atoms with Crippen LogP contribution >= 0.6 is 11.8 Å². The van der Waals surface area contributed by atoms with Gasteiger partial charge in [-0.2, -0.15) is 0 Å². The Morgan fingerprint density at radius 3 is 3.00 bits per heavy atom. The van der Waals surface area contributed by atoms with Crippen molar-refractivity contribution in [1.29, 1.82) is 0 Å². The Balaban J connectivity index is 1.89. The van der Waals surface area contributed by atoms with Crippen molar-refractivity contribution in [2.75, 3.05) is 12.4 Å². The Kier molecular flexibility index (Phi) is 5.46. The Morgan fingerprint density at radius 2 is 2.40 bits per heavy atom. The van der Waals surface area contributed by atoms with E-state index >= 15 is 0 Å². The molecule has 20 heavy (non-hydrogen) atoms. The normalized spacial score (nSPS) is 26.6. The first-order chi connectivity index (χ1) is 9.57. The zero-order chi connectivity index (χ0) is 14.6. The number of hydrogen-bond donors (Lipinski definition) is 2. The topological polar surface area (TPSA) is 63.0 Å². The first kappa shape index (κ1) is 15.8. The average Bonchev–Trinajstić information content (AvgIpc) is 2.97. The fourth-order valence-electron chi connectivity index (χ4n) is 3.28. The maximum Gasteiger partial charge on any atom is 0.190 e. The van der Waals surface area contributed by atoms with E-state index in [0.29, 0.717) is 12.0 Å². The second-order valence-corrected chi connectivity index (χ2v) is 7.13. The summed E-state index contributed by atoms with van der Waals surface area (Å²) in [7, 11) is 1.97. The first-order valence-electron chi connectivity index (χ1n) is 7.43.